The molecule has 0 unspecified atom stereocenters. The van der Waals surface area contributed by atoms with Gasteiger partial charge in [-0.3, -0.25) is 14.9 Å². The summed E-state index contributed by atoms with van der Waals surface area (Å²) in [4.78, 5) is 21.9. The molecule has 2 aromatic carbocycles. The molecule has 0 aliphatic rings. The number of hydrogen-bond acceptors (Lipinski definition) is 5. The van der Waals surface area contributed by atoms with Gasteiger partial charge in [0, 0.05) is 34.5 Å². The van der Waals surface area contributed by atoms with Crippen molar-refractivity contribution in [1.29, 1.82) is 0 Å². The largest absolute Gasteiger partial charge is 0.351 e. The van der Waals surface area contributed by atoms with Gasteiger partial charge in [0.25, 0.3) is 5.91 Å². The molecule has 0 radical (unpaired) electrons. The van der Waals surface area contributed by atoms with Crippen molar-refractivity contribution in [1.82, 2.24) is 25.4 Å². The second kappa shape index (κ2) is 14.5. The Morgan fingerprint density at radius 3 is 2.53 bits per heavy atom. The predicted molar refractivity (Wildman–Crippen MR) is 158 cm³/mol. The van der Waals surface area contributed by atoms with E-state index in [1.807, 2.05) is 54.6 Å². The SMILES string of the molecule is CCCCN(CCCC)CCNC(=O)c1ccccc1Sc1ccc2c(/C=C/c3ccccn3)n[nH]c2c1. The topological polar surface area (TPSA) is 73.9 Å². The van der Waals surface area contributed by atoms with E-state index in [0.717, 1.165) is 51.7 Å². The number of benzene rings is 2. The highest BCUT2D eigenvalue weighted by molar-refractivity contribution is 7.99. The highest BCUT2D eigenvalue weighted by Gasteiger charge is 2.13. The number of H-pyrrole nitrogens is 1. The molecular formula is C31H37N5OS. The number of rotatable bonds is 14. The van der Waals surface area contributed by atoms with Gasteiger partial charge in [-0.25, -0.2) is 0 Å². The van der Waals surface area contributed by atoms with Crippen LogP contribution in [0.4, 0.5) is 0 Å². The molecule has 0 bridgehead atoms. The molecule has 1 amide bonds. The van der Waals surface area contributed by atoms with Crippen LogP contribution in [0.3, 0.4) is 0 Å². The van der Waals surface area contributed by atoms with Crippen molar-refractivity contribution in [3.63, 3.8) is 0 Å². The average Bonchev–Trinajstić information content (AvgIpc) is 3.36. The fourth-order valence-corrected chi connectivity index (χ4v) is 5.23. The van der Waals surface area contributed by atoms with Crippen LogP contribution in [-0.4, -0.2) is 52.2 Å². The number of aromatic nitrogens is 3. The fraction of sp³-hybridized carbons (Fsp3) is 0.323. The lowest BCUT2D eigenvalue weighted by molar-refractivity contribution is 0.0945. The molecule has 0 saturated heterocycles. The van der Waals surface area contributed by atoms with Gasteiger partial charge in [-0.2, -0.15) is 5.10 Å². The lowest BCUT2D eigenvalue weighted by Crippen LogP contribution is -2.36. The summed E-state index contributed by atoms with van der Waals surface area (Å²) in [5.41, 5.74) is 3.42. The smallest absolute Gasteiger partial charge is 0.252 e. The number of nitrogens with one attached hydrogen (secondary N) is 2. The quantitative estimate of drug-likeness (QED) is 0.186. The Balaban J connectivity index is 1.40. The molecule has 6 nitrogen and oxygen atoms in total. The Labute approximate surface area is 229 Å². The maximum atomic E-state index is 13.1. The van der Waals surface area contributed by atoms with E-state index < -0.39 is 0 Å². The summed E-state index contributed by atoms with van der Waals surface area (Å²) in [6, 6.07) is 19.9. The van der Waals surface area contributed by atoms with Crippen molar-refractivity contribution in [3.05, 3.63) is 83.8 Å². The van der Waals surface area contributed by atoms with Crippen LogP contribution in [0, 0.1) is 0 Å². The minimum Gasteiger partial charge on any atom is -0.351 e. The first-order valence-electron chi connectivity index (χ1n) is 13.5. The Morgan fingerprint density at radius 2 is 1.76 bits per heavy atom. The summed E-state index contributed by atoms with van der Waals surface area (Å²) >= 11 is 1.59. The third kappa shape index (κ3) is 7.79. The molecule has 7 heteroatoms. The molecule has 198 valence electrons. The van der Waals surface area contributed by atoms with Crippen LogP contribution in [0.15, 0.2) is 76.7 Å². The van der Waals surface area contributed by atoms with Gasteiger partial charge in [0.2, 0.25) is 0 Å². The molecule has 2 aromatic heterocycles. The number of amides is 1. The Hall–Kier alpha value is -3.42. The van der Waals surface area contributed by atoms with Gasteiger partial charge in [0.15, 0.2) is 0 Å². The van der Waals surface area contributed by atoms with Crippen LogP contribution < -0.4 is 5.32 Å². The van der Waals surface area contributed by atoms with Gasteiger partial charge < -0.3 is 10.2 Å². The molecule has 2 heterocycles. The van der Waals surface area contributed by atoms with Crippen molar-refractivity contribution >= 4 is 40.7 Å². The number of pyridine rings is 1. The van der Waals surface area contributed by atoms with E-state index in [2.05, 4.69) is 57.4 Å². The maximum Gasteiger partial charge on any atom is 0.252 e. The number of carbonyl (C=O) groups is 1. The van der Waals surface area contributed by atoms with E-state index in [9.17, 15) is 4.79 Å². The minimum absolute atomic E-state index is 0.0244. The van der Waals surface area contributed by atoms with E-state index in [0.29, 0.717) is 12.1 Å². The number of nitrogens with zero attached hydrogens (tertiary/aromatic N) is 3. The summed E-state index contributed by atoms with van der Waals surface area (Å²) in [5.74, 6) is -0.0244. The predicted octanol–water partition coefficient (Wildman–Crippen LogP) is 6.91. The van der Waals surface area contributed by atoms with Crippen LogP contribution in [0.2, 0.25) is 0 Å². The highest BCUT2D eigenvalue weighted by atomic mass is 32.2. The molecule has 38 heavy (non-hydrogen) atoms. The summed E-state index contributed by atoms with van der Waals surface area (Å²) in [6.45, 7) is 8.16. The lowest BCUT2D eigenvalue weighted by Gasteiger charge is -2.22. The van der Waals surface area contributed by atoms with Crippen LogP contribution in [0.1, 0.15) is 61.3 Å². The molecule has 0 saturated carbocycles. The number of unbranched alkanes of at least 4 members (excludes halogenated alkanes) is 2. The summed E-state index contributed by atoms with van der Waals surface area (Å²) in [5, 5.41) is 11.8. The standard InChI is InChI=1S/C31H37N5OS/c1-3-5-20-36(21-6-4-2)22-19-33-31(37)27-12-7-8-13-30(27)38-25-15-16-26-28(34-35-29(26)23-25)17-14-24-11-9-10-18-32-24/h7-18,23H,3-6,19-22H2,1-2H3,(H,33,37)(H,34,35)/b17-14+. The minimum atomic E-state index is -0.0244. The number of hydrogen-bond donors (Lipinski definition) is 2. The summed E-state index contributed by atoms with van der Waals surface area (Å²) in [6.07, 6.45) is 10.5. The maximum absolute atomic E-state index is 13.1. The molecule has 0 atom stereocenters. The van der Waals surface area contributed by atoms with Crippen molar-refractivity contribution in [2.24, 2.45) is 0 Å². The van der Waals surface area contributed by atoms with Gasteiger partial charge in [0.1, 0.15) is 0 Å². The first-order chi connectivity index (χ1) is 18.7. The van der Waals surface area contributed by atoms with E-state index in [1.54, 1.807) is 18.0 Å². The van der Waals surface area contributed by atoms with E-state index in [4.69, 9.17) is 0 Å². The van der Waals surface area contributed by atoms with Crippen molar-refractivity contribution < 1.29 is 4.79 Å². The van der Waals surface area contributed by atoms with Crippen molar-refractivity contribution in [3.8, 4) is 0 Å². The van der Waals surface area contributed by atoms with E-state index in [1.165, 1.54) is 25.7 Å². The molecule has 0 aliphatic carbocycles. The van der Waals surface area contributed by atoms with Crippen LogP contribution in [0.25, 0.3) is 23.1 Å². The van der Waals surface area contributed by atoms with Gasteiger partial charge in [-0.1, -0.05) is 56.7 Å². The van der Waals surface area contributed by atoms with Crippen LogP contribution in [0.5, 0.6) is 0 Å². The molecule has 4 rings (SSSR count). The molecule has 0 fully saturated rings. The van der Waals surface area contributed by atoms with E-state index in [-0.39, 0.29) is 5.91 Å². The van der Waals surface area contributed by atoms with Gasteiger partial charge in [0.05, 0.1) is 22.5 Å². The van der Waals surface area contributed by atoms with Crippen LogP contribution in [-0.2, 0) is 0 Å². The van der Waals surface area contributed by atoms with Gasteiger partial charge in [-0.05, 0) is 80.5 Å². The number of fused-ring (bicyclic) bond motifs is 1. The molecule has 0 aliphatic heterocycles. The zero-order chi connectivity index (χ0) is 26.6. The summed E-state index contributed by atoms with van der Waals surface area (Å²) < 4.78 is 0. The molecular weight excluding hydrogens is 490 g/mol. The first kappa shape index (κ1) is 27.6. The number of carbonyl (C=O) groups excluding carboxylic acids is 1. The molecule has 2 N–H and O–H groups in total. The normalized spacial score (nSPS) is 11.6. The molecule has 4 aromatic rings. The highest BCUT2D eigenvalue weighted by Crippen LogP contribution is 2.33. The third-order valence-electron chi connectivity index (χ3n) is 6.39. The Bertz CT molecular complexity index is 1330. The lowest BCUT2D eigenvalue weighted by atomic mass is 10.2. The zero-order valence-electron chi connectivity index (χ0n) is 22.3. The molecule has 0 spiro atoms. The zero-order valence-corrected chi connectivity index (χ0v) is 23.1. The summed E-state index contributed by atoms with van der Waals surface area (Å²) in [7, 11) is 0. The van der Waals surface area contributed by atoms with Crippen LogP contribution >= 0.6 is 11.8 Å². The first-order valence-corrected chi connectivity index (χ1v) is 14.3. The number of aromatic amines is 1. The third-order valence-corrected chi connectivity index (χ3v) is 7.46. The van der Waals surface area contributed by atoms with E-state index >= 15 is 0 Å². The fourth-order valence-electron chi connectivity index (χ4n) is 4.24. The van der Waals surface area contributed by atoms with Crippen molar-refractivity contribution in [2.75, 3.05) is 26.2 Å². The Kier molecular flexibility index (Phi) is 10.5. The van der Waals surface area contributed by atoms with Gasteiger partial charge in [-0.15, -0.1) is 0 Å². The average molecular weight is 528 g/mol. The second-order valence-electron chi connectivity index (χ2n) is 9.31. The second-order valence-corrected chi connectivity index (χ2v) is 10.4. The Morgan fingerprint density at radius 1 is 0.974 bits per heavy atom. The van der Waals surface area contributed by atoms with Crippen molar-refractivity contribution in [2.45, 2.75) is 49.3 Å². The monoisotopic (exact) mass is 527 g/mol. The van der Waals surface area contributed by atoms with Gasteiger partial charge >= 0.3 is 0 Å².